The third-order valence-corrected chi connectivity index (χ3v) is 5.54. The van der Waals surface area contributed by atoms with E-state index in [0.717, 1.165) is 5.69 Å². The molecule has 6 heteroatoms. The van der Waals surface area contributed by atoms with E-state index in [0.29, 0.717) is 25.1 Å². The molecule has 1 saturated heterocycles. The van der Waals surface area contributed by atoms with Gasteiger partial charge >= 0.3 is 6.09 Å². The van der Waals surface area contributed by atoms with Crippen LogP contribution in [0.15, 0.2) is 35.8 Å². The molecule has 4 rings (SSSR count). The summed E-state index contributed by atoms with van der Waals surface area (Å²) in [6.07, 6.45) is 4.15. The Labute approximate surface area is 145 Å². The Morgan fingerprint density at radius 1 is 1.42 bits per heavy atom. The van der Waals surface area contributed by atoms with Gasteiger partial charge in [-0.25, -0.2) is 9.78 Å². The van der Waals surface area contributed by atoms with Crippen molar-refractivity contribution < 1.29 is 9.53 Å². The fraction of sp³-hybridized carbons (Fsp3) is 0.444. The predicted molar refractivity (Wildman–Crippen MR) is 94.3 cm³/mol. The molecular weight excluding hydrogens is 322 g/mol. The Balaban J connectivity index is 1.51. The number of thiazole rings is 1. The van der Waals surface area contributed by atoms with Crippen LogP contribution in [0.3, 0.4) is 0 Å². The number of carbonyl (C=O) groups is 1. The lowest BCUT2D eigenvalue weighted by Crippen LogP contribution is -2.27. The monoisotopic (exact) mass is 343 g/mol. The number of nitrogens with zero attached hydrogens (tertiary/aromatic N) is 2. The Kier molecular flexibility index (Phi) is 4.24. The molecule has 1 aliphatic heterocycles. The molecule has 1 aromatic carbocycles. The third-order valence-electron chi connectivity index (χ3n) is 4.68. The van der Waals surface area contributed by atoms with E-state index in [2.05, 4.69) is 29.4 Å². The lowest BCUT2D eigenvalue weighted by Gasteiger charge is -2.23. The predicted octanol–water partition coefficient (Wildman–Crippen LogP) is 3.90. The minimum atomic E-state index is -0.258. The zero-order valence-electron chi connectivity index (χ0n) is 13.6. The van der Waals surface area contributed by atoms with Gasteiger partial charge in [-0.15, -0.1) is 11.3 Å². The van der Waals surface area contributed by atoms with Gasteiger partial charge in [0.05, 0.1) is 12.6 Å². The summed E-state index contributed by atoms with van der Waals surface area (Å²) in [6, 6.07) is 8.66. The average Bonchev–Trinajstić information content (AvgIpc) is 3.11. The molecule has 0 spiro atoms. The van der Waals surface area contributed by atoms with Crippen LogP contribution >= 0.6 is 11.3 Å². The number of benzene rings is 1. The van der Waals surface area contributed by atoms with Crippen molar-refractivity contribution in [3.8, 4) is 0 Å². The molecule has 2 heterocycles. The van der Waals surface area contributed by atoms with E-state index in [1.54, 1.807) is 16.2 Å². The number of aromatic nitrogens is 1. The van der Waals surface area contributed by atoms with Gasteiger partial charge in [-0.2, -0.15) is 0 Å². The second-order valence-corrected chi connectivity index (χ2v) is 7.36. The highest BCUT2D eigenvalue weighted by Crippen LogP contribution is 2.42. The molecule has 0 unspecified atom stereocenters. The van der Waals surface area contributed by atoms with Crippen LogP contribution < -0.4 is 10.2 Å². The molecule has 5 nitrogen and oxygen atoms in total. The topological polar surface area (TPSA) is 54.5 Å². The number of hydrogen-bond donors (Lipinski definition) is 1. The zero-order chi connectivity index (χ0) is 16.5. The summed E-state index contributed by atoms with van der Waals surface area (Å²) < 4.78 is 5.04. The van der Waals surface area contributed by atoms with Crippen LogP contribution in [0.4, 0.5) is 10.5 Å². The molecular formula is C18H21N3O2S. The quantitative estimate of drug-likeness (QED) is 0.864. The van der Waals surface area contributed by atoms with Crippen LogP contribution in [0.5, 0.6) is 0 Å². The van der Waals surface area contributed by atoms with Crippen molar-refractivity contribution in [3.63, 3.8) is 0 Å². The summed E-state index contributed by atoms with van der Waals surface area (Å²) >= 11 is 1.72. The van der Waals surface area contributed by atoms with E-state index in [1.165, 1.54) is 23.4 Å². The largest absolute Gasteiger partial charge is 0.447 e. The first kappa shape index (κ1) is 15.6. The number of ether oxygens (including phenoxy) is 1. The van der Waals surface area contributed by atoms with E-state index in [4.69, 9.17) is 4.74 Å². The zero-order valence-corrected chi connectivity index (χ0v) is 14.5. The highest BCUT2D eigenvalue weighted by Gasteiger charge is 2.34. The fourth-order valence-electron chi connectivity index (χ4n) is 3.18. The highest BCUT2D eigenvalue weighted by molar-refractivity contribution is 7.09. The van der Waals surface area contributed by atoms with E-state index in [1.807, 2.05) is 23.7 Å². The third kappa shape index (κ3) is 3.16. The van der Waals surface area contributed by atoms with Crippen molar-refractivity contribution in [1.29, 1.82) is 0 Å². The summed E-state index contributed by atoms with van der Waals surface area (Å²) in [6.45, 7) is 3.25. The summed E-state index contributed by atoms with van der Waals surface area (Å²) in [5, 5.41) is 6.95. The SMILES string of the molecule is C[C@@H](N[C@@H](c1nccs1)C1CC1)c1cccc(N2CCOC2=O)c1. The molecule has 126 valence electrons. The summed E-state index contributed by atoms with van der Waals surface area (Å²) in [7, 11) is 0. The minimum Gasteiger partial charge on any atom is -0.447 e. The van der Waals surface area contributed by atoms with Crippen molar-refractivity contribution >= 4 is 23.1 Å². The molecule has 0 bridgehead atoms. The molecule has 0 radical (unpaired) electrons. The molecule has 1 N–H and O–H groups in total. The molecule has 2 aromatic rings. The molecule has 1 aliphatic carbocycles. The maximum absolute atomic E-state index is 11.8. The molecule has 2 aliphatic rings. The van der Waals surface area contributed by atoms with Gasteiger partial charge in [0.1, 0.15) is 11.6 Å². The van der Waals surface area contributed by atoms with E-state index in [9.17, 15) is 4.79 Å². The highest BCUT2D eigenvalue weighted by atomic mass is 32.1. The summed E-state index contributed by atoms with van der Waals surface area (Å²) in [5.74, 6) is 0.690. The number of nitrogens with one attached hydrogen (secondary N) is 1. The van der Waals surface area contributed by atoms with Gasteiger partial charge in [-0.3, -0.25) is 4.90 Å². The standard InChI is InChI=1S/C18H21N3O2S/c1-12(20-16(13-5-6-13)17-19-7-10-24-17)14-3-2-4-15(11-14)21-8-9-23-18(21)22/h2-4,7,10-13,16,20H,5-6,8-9H2,1H3/t12-,16-/m1/s1. The number of carbonyl (C=O) groups excluding carboxylic acids is 1. The van der Waals surface area contributed by atoms with Gasteiger partial charge in [-0.1, -0.05) is 12.1 Å². The first-order valence-electron chi connectivity index (χ1n) is 8.42. The molecule has 2 atom stereocenters. The van der Waals surface area contributed by atoms with Crippen molar-refractivity contribution in [2.75, 3.05) is 18.1 Å². The first-order valence-corrected chi connectivity index (χ1v) is 9.30. The Bertz CT molecular complexity index is 715. The van der Waals surface area contributed by atoms with Crippen LogP contribution in [0.25, 0.3) is 0 Å². The maximum Gasteiger partial charge on any atom is 0.414 e. The van der Waals surface area contributed by atoms with Crippen LogP contribution in [0.1, 0.15) is 42.4 Å². The van der Waals surface area contributed by atoms with Crippen LogP contribution in [-0.4, -0.2) is 24.2 Å². The average molecular weight is 343 g/mol. The van der Waals surface area contributed by atoms with Crippen LogP contribution in [0, 0.1) is 5.92 Å². The second-order valence-electron chi connectivity index (χ2n) is 6.43. The number of anilines is 1. The Morgan fingerprint density at radius 2 is 2.29 bits per heavy atom. The van der Waals surface area contributed by atoms with Crippen molar-refractivity contribution in [2.24, 2.45) is 5.92 Å². The summed E-state index contributed by atoms with van der Waals surface area (Å²) in [5.41, 5.74) is 2.08. The van der Waals surface area contributed by atoms with Gasteiger partial charge < -0.3 is 10.1 Å². The molecule has 1 aromatic heterocycles. The molecule has 1 amide bonds. The first-order chi connectivity index (χ1) is 11.7. The van der Waals surface area contributed by atoms with Crippen molar-refractivity contribution in [3.05, 3.63) is 46.4 Å². The Morgan fingerprint density at radius 3 is 2.96 bits per heavy atom. The number of cyclic esters (lactones) is 1. The van der Waals surface area contributed by atoms with E-state index in [-0.39, 0.29) is 12.1 Å². The molecule has 24 heavy (non-hydrogen) atoms. The van der Waals surface area contributed by atoms with Gasteiger partial charge in [0.25, 0.3) is 0 Å². The van der Waals surface area contributed by atoms with E-state index >= 15 is 0 Å². The van der Waals surface area contributed by atoms with Gasteiger partial charge in [-0.05, 0) is 43.4 Å². The van der Waals surface area contributed by atoms with Gasteiger partial charge in [0.2, 0.25) is 0 Å². The van der Waals surface area contributed by atoms with Crippen LogP contribution in [0.2, 0.25) is 0 Å². The lowest BCUT2D eigenvalue weighted by atomic mass is 10.0. The lowest BCUT2D eigenvalue weighted by molar-refractivity contribution is 0.181. The smallest absolute Gasteiger partial charge is 0.414 e. The summed E-state index contributed by atoms with van der Waals surface area (Å²) in [4.78, 5) is 18.0. The van der Waals surface area contributed by atoms with E-state index < -0.39 is 0 Å². The van der Waals surface area contributed by atoms with Crippen molar-refractivity contribution in [1.82, 2.24) is 10.3 Å². The fourth-order valence-corrected chi connectivity index (χ4v) is 3.97. The Hall–Kier alpha value is -1.92. The minimum absolute atomic E-state index is 0.193. The second kappa shape index (κ2) is 6.53. The van der Waals surface area contributed by atoms with Gasteiger partial charge in [0.15, 0.2) is 0 Å². The molecule has 2 fully saturated rings. The van der Waals surface area contributed by atoms with Gasteiger partial charge in [0, 0.05) is 23.3 Å². The normalized spacial score (nSPS) is 20.0. The van der Waals surface area contributed by atoms with Crippen molar-refractivity contribution in [2.45, 2.75) is 31.8 Å². The molecule has 1 saturated carbocycles. The number of amides is 1. The number of rotatable bonds is 6. The maximum atomic E-state index is 11.8. The van der Waals surface area contributed by atoms with Crippen LogP contribution in [-0.2, 0) is 4.74 Å². The number of hydrogen-bond acceptors (Lipinski definition) is 5.